The molecular weight excluding hydrogens is 362 g/mol. The highest BCUT2D eigenvalue weighted by molar-refractivity contribution is 8.00. The largest absolute Gasteiger partial charge is 0.494 e. The number of benzene rings is 2. The molecule has 3 aromatic rings. The lowest BCUT2D eigenvalue weighted by molar-refractivity contribution is -0.113. The Morgan fingerprint density at radius 1 is 1.00 bits per heavy atom. The molecular formula is C20H19N3O3S. The number of hydrogen-bond acceptors (Lipinski definition) is 6. The average Bonchev–Trinajstić information content (AvgIpc) is 2.70. The van der Waals surface area contributed by atoms with Crippen LogP contribution in [0, 0.1) is 0 Å². The van der Waals surface area contributed by atoms with Gasteiger partial charge in [-0.15, -0.1) is 0 Å². The van der Waals surface area contributed by atoms with Gasteiger partial charge in [-0.2, -0.15) is 0 Å². The first-order chi connectivity index (χ1) is 13.2. The van der Waals surface area contributed by atoms with Gasteiger partial charge in [0.2, 0.25) is 5.91 Å². The number of nitrogens with zero attached hydrogens (tertiary/aromatic N) is 2. The summed E-state index contributed by atoms with van der Waals surface area (Å²) < 4.78 is 11.1. The van der Waals surface area contributed by atoms with Crippen molar-refractivity contribution in [2.24, 2.45) is 0 Å². The summed E-state index contributed by atoms with van der Waals surface area (Å²) in [5.74, 6) is 1.87. The molecule has 0 unspecified atom stereocenters. The van der Waals surface area contributed by atoms with Gasteiger partial charge < -0.3 is 14.8 Å². The minimum absolute atomic E-state index is 0.138. The van der Waals surface area contributed by atoms with Crippen molar-refractivity contribution in [1.82, 2.24) is 9.97 Å². The highest BCUT2D eigenvalue weighted by atomic mass is 32.2. The molecule has 1 amide bonds. The van der Waals surface area contributed by atoms with Crippen LogP contribution in [0.1, 0.15) is 6.92 Å². The van der Waals surface area contributed by atoms with Crippen molar-refractivity contribution in [3.05, 3.63) is 67.0 Å². The lowest BCUT2D eigenvalue weighted by Crippen LogP contribution is -2.14. The van der Waals surface area contributed by atoms with Crippen molar-refractivity contribution >= 4 is 23.4 Å². The highest BCUT2D eigenvalue weighted by Gasteiger charge is 2.11. The highest BCUT2D eigenvalue weighted by Crippen LogP contribution is 2.28. The molecule has 0 aliphatic rings. The summed E-state index contributed by atoms with van der Waals surface area (Å²) in [5.41, 5.74) is 0.712. The fraction of sp³-hybridized carbons (Fsp3) is 0.150. The Bertz CT molecular complexity index is 873. The first-order valence-electron chi connectivity index (χ1n) is 8.44. The summed E-state index contributed by atoms with van der Waals surface area (Å²) in [6.45, 7) is 2.53. The Balaban J connectivity index is 1.57. The van der Waals surface area contributed by atoms with Crippen LogP contribution in [0.5, 0.6) is 17.4 Å². The van der Waals surface area contributed by atoms with Crippen LogP contribution in [0.4, 0.5) is 5.69 Å². The van der Waals surface area contributed by atoms with E-state index in [-0.39, 0.29) is 11.7 Å². The predicted octanol–water partition coefficient (Wildman–Crippen LogP) is 4.40. The molecule has 0 saturated heterocycles. The van der Waals surface area contributed by atoms with Crippen molar-refractivity contribution in [2.75, 3.05) is 17.7 Å². The first-order valence-corrected chi connectivity index (χ1v) is 9.42. The van der Waals surface area contributed by atoms with E-state index in [2.05, 4.69) is 15.3 Å². The van der Waals surface area contributed by atoms with E-state index in [1.54, 1.807) is 24.5 Å². The number of hydrogen-bond donors (Lipinski definition) is 1. The van der Waals surface area contributed by atoms with Crippen LogP contribution in [0.2, 0.25) is 0 Å². The van der Waals surface area contributed by atoms with E-state index in [0.29, 0.717) is 28.9 Å². The number of thioether (sulfide) groups is 1. The molecule has 2 aromatic carbocycles. The molecule has 0 fully saturated rings. The van der Waals surface area contributed by atoms with Crippen molar-refractivity contribution in [2.45, 2.75) is 11.9 Å². The third-order valence-corrected chi connectivity index (χ3v) is 4.34. The predicted molar refractivity (Wildman–Crippen MR) is 106 cm³/mol. The second-order valence-corrected chi connectivity index (χ2v) is 6.34. The van der Waals surface area contributed by atoms with E-state index < -0.39 is 0 Å². The second kappa shape index (κ2) is 9.59. The number of para-hydroxylation sites is 1. The van der Waals surface area contributed by atoms with E-state index in [4.69, 9.17) is 9.47 Å². The minimum atomic E-state index is -0.138. The number of aromatic nitrogens is 2. The fourth-order valence-electron chi connectivity index (χ4n) is 2.21. The van der Waals surface area contributed by atoms with Gasteiger partial charge in [0.15, 0.2) is 5.03 Å². The van der Waals surface area contributed by atoms with Crippen LogP contribution in [0.25, 0.3) is 0 Å². The smallest absolute Gasteiger partial charge is 0.252 e. The summed E-state index contributed by atoms with van der Waals surface area (Å²) in [7, 11) is 0. The van der Waals surface area contributed by atoms with E-state index in [1.807, 2.05) is 49.4 Å². The zero-order valence-electron chi connectivity index (χ0n) is 14.8. The van der Waals surface area contributed by atoms with Gasteiger partial charge in [0, 0.05) is 18.1 Å². The molecule has 0 spiro atoms. The second-order valence-electron chi connectivity index (χ2n) is 5.38. The number of anilines is 1. The van der Waals surface area contributed by atoms with Crippen LogP contribution in [0.3, 0.4) is 0 Å². The molecule has 6 nitrogen and oxygen atoms in total. The fourth-order valence-corrected chi connectivity index (χ4v) is 2.91. The lowest BCUT2D eigenvalue weighted by Gasteiger charge is -2.09. The van der Waals surface area contributed by atoms with Gasteiger partial charge in [0.05, 0.1) is 12.4 Å². The molecule has 0 aliphatic heterocycles. The zero-order valence-corrected chi connectivity index (χ0v) is 15.6. The quantitative estimate of drug-likeness (QED) is 0.583. The molecule has 7 heteroatoms. The molecule has 0 bridgehead atoms. The number of rotatable bonds is 8. The van der Waals surface area contributed by atoms with Crippen LogP contribution in [0.15, 0.2) is 72.0 Å². The number of carbonyl (C=O) groups is 1. The molecule has 1 heterocycles. The number of ether oxygens (including phenoxy) is 2. The molecule has 3 rings (SSSR count). The maximum absolute atomic E-state index is 12.2. The van der Waals surface area contributed by atoms with Crippen molar-refractivity contribution in [3.63, 3.8) is 0 Å². The SMILES string of the molecule is CCOc1ccc(NC(=O)CSc2nccnc2Oc2ccccc2)cc1. The van der Waals surface area contributed by atoms with Gasteiger partial charge in [-0.25, -0.2) is 9.97 Å². The zero-order chi connectivity index (χ0) is 18.9. The molecule has 0 radical (unpaired) electrons. The molecule has 0 atom stereocenters. The van der Waals surface area contributed by atoms with Crippen LogP contribution in [-0.2, 0) is 4.79 Å². The molecule has 0 aliphatic carbocycles. The lowest BCUT2D eigenvalue weighted by atomic mass is 10.3. The van der Waals surface area contributed by atoms with Crippen LogP contribution in [-0.4, -0.2) is 28.2 Å². The Hall–Kier alpha value is -3.06. The minimum Gasteiger partial charge on any atom is -0.494 e. The molecule has 138 valence electrons. The number of nitrogens with one attached hydrogen (secondary N) is 1. The van der Waals surface area contributed by atoms with Gasteiger partial charge in [0.1, 0.15) is 11.5 Å². The van der Waals surface area contributed by atoms with Gasteiger partial charge in [0.25, 0.3) is 5.88 Å². The summed E-state index contributed by atoms with van der Waals surface area (Å²) in [6.07, 6.45) is 3.13. The maximum atomic E-state index is 12.2. The van der Waals surface area contributed by atoms with Gasteiger partial charge >= 0.3 is 0 Å². The standard InChI is InChI=1S/C20H19N3O3S/c1-2-25-16-10-8-15(9-11-16)23-18(24)14-27-20-19(21-12-13-22-20)26-17-6-4-3-5-7-17/h3-13H,2,14H2,1H3,(H,23,24). The summed E-state index contributed by atoms with van der Waals surface area (Å²) in [5, 5.41) is 3.40. The summed E-state index contributed by atoms with van der Waals surface area (Å²) in [4.78, 5) is 20.7. The molecule has 27 heavy (non-hydrogen) atoms. The Morgan fingerprint density at radius 2 is 1.74 bits per heavy atom. The first kappa shape index (κ1) is 18.7. The van der Waals surface area contributed by atoms with E-state index in [9.17, 15) is 4.79 Å². The van der Waals surface area contributed by atoms with Crippen LogP contribution >= 0.6 is 11.8 Å². The van der Waals surface area contributed by atoms with E-state index in [1.165, 1.54) is 11.8 Å². The average molecular weight is 381 g/mol. The summed E-state index contributed by atoms with van der Waals surface area (Å²) in [6, 6.07) is 16.6. The molecule has 1 N–H and O–H groups in total. The third-order valence-electron chi connectivity index (χ3n) is 3.38. The number of amides is 1. The van der Waals surface area contributed by atoms with E-state index in [0.717, 1.165) is 5.75 Å². The van der Waals surface area contributed by atoms with Crippen molar-refractivity contribution < 1.29 is 14.3 Å². The van der Waals surface area contributed by atoms with Crippen LogP contribution < -0.4 is 14.8 Å². The Labute approximate surface area is 162 Å². The maximum Gasteiger partial charge on any atom is 0.252 e. The molecule has 0 saturated carbocycles. The van der Waals surface area contributed by atoms with Gasteiger partial charge in [-0.3, -0.25) is 4.79 Å². The third kappa shape index (κ3) is 5.72. The van der Waals surface area contributed by atoms with Crippen molar-refractivity contribution in [3.8, 4) is 17.4 Å². The Morgan fingerprint density at radius 3 is 2.48 bits per heavy atom. The summed E-state index contributed by atoms with van der Waals surface area (Å²) >= 11 is 1.27. The van der Waals surface area contributed by atoms with Gasteiger partial charge in [-0.05, 0) is 43.3 Å². The topological polar surface area (TPSA) is 73.3 Å². The number of carbonyl (C=O) groups excluding carboxylic acids is 1. The van der Waals surface area contributed by atoms with E-state index >= 15 is 0 Å². The Kier molecular flexibility index (Phi) is 6.65. The van der Waals surface area contributed by atoms with Crippen molar-refractivity contribution in [1.29, 1.82) is 0 Å². The monoisotopic (exact) mass is 381 g/mol. The molecule has 1 aromatic heterocycles. The van der Waals surface area contributed by atoms with Gasteiger partial charge in [-0.1, -0.05) is 30.0 Å². The normalized spacial score (nSPS) is 10.3.